The Labute approximate surface area is 93.7 Å². The van der Waals surface area contributed by atoms with E-state index in [1.54, 1.807) is 11.9 Å². The number of hydrogen-bond donors (Lipinski definition) is 2. The van der Waals surface area contributed by atoms with Crippen molar-refractivity contribution in [2.45, 2.75) is 6.92 Å². The molecule has 90 valence electrons. The molecular weight excluding hydrogens is 212 g/mol. The van der Waals surface area contributed by atoms with Gasteiger partial charge in [-0.3, -0.25) is 4.84 Å². The highest BCUT2D eigenvalue weighted by molar-refractivity contribution is 5.39. The fraction of sp³-hybridized carbons (Fsp3) is 0.625. The molecule has 0 saturated heterocycles. The zero-order valence-electron chi connectivity index (χ0n) is 9.60. The predicted molar refractivity (Wildman–Crippen MR) is 59.8 cm³/mol. The maximum atomic E-state index is 5.53. The molecule has 0 aromatic carbocycles. The molecule has 8 nitrogen and oxygen atoms in total. The first-order valence-corrected chi connectivity index (χ1v) is 4.76. The van der Waals surface area contributed by atoms with Crippen molar-refractivity contribution in [2.24, 2.45) is 0 Å². The molecule has 0 atom stereocenters. The molecule has 0 amide bonds. The van der Waals surface area contributed by atoms with Crippen LogP contribution in [0.4, 0.5) is 17.8 Å². The second-order valence-corrected chi connectivity index (χ2v) is 2.94. The summed E-state index contributed by atoms with van der Waals surface area (Å²) in [5, 5.41) is 0. The molecule has 0 radical (unpaired) electrons. The van der Waals surface area contributed by atoms with Crippen LogP contribution in [0.2, 0.25) is 0 Å². The van der Waals surface area contributed by atoms with Crippen LogP contribution in [0.3, 0.4) is 0 Å². The van der Waals surface area contributed by atoms with E-state index in [2.05, 4.69) is 20.4 Å². The van der Waals surface area contributed by atoms with Gasteiger partial charge in [-0.2, -0.15) is 15.0 Å². The number of ether oxygens (including phenoxy) is 1. The molecule has 0 saturated carbocycles. The molecule has 0 aliphatic carbocycles. The highest BCUT2D eigenvalue weighted by Gasteiger charge is 2.08. The molecule has 1 aromatic rings. The fourth-order valence-corrected chi connectivity index (χ4v) is 0.974. The Hall–Kier alpha value is -1.67. The molecule has 1 aromatic heterocycles. The quantitative estimate of drug-likeness (QED) is 0.512. The van der Waals surface area contributed by atoms with Crippen LogP contribution in [0.5, 0.6) is 0 Å². The topological polar surface area (TPSA) is 98.4 Å². The summed E-state index contributed by atoms with van der Waals surface area (Å²) in [6.45, 7) is 2.91. The monoisotopic (exact) mass is 228 g/mol. The Morgan fingerprint density at radius 3 is 2.75 bits per heavy atom. The van der Waals surface area contributed by atoms with Crippen molar-refractivity contribution in [3.63, 3.8) is 0 Å². The maximum Gasteiger partial charge on any atom is 0.253 e. The summed E-state index contributed by atoms with van der Waals surface area (Å²) < 4.78 is 5.22. The average molecular weight is 228 g/mol. The minimum absolute atomic E-state index is 0.118. The van der Waals surface area contributed by atoms with E-state index in [1.807, 2.05) is 6.92 Å². The Balaban J connectivity index is 2.78. The third-order valence-corrected chi connectivity index (χ3v) is 1.66. The number of hydrogen-bond acceptors (Lipinski definition) is 8. The van der Waals surface area contributed by atoms with Gasteiger partial charge in [0.1, 0.15) is 6.73 Å². The number of nitrogen functional groups attached to an aromatic ring is 1. The van der Waals surface area contributed by atoms with Crippen molar-refractivity contribution in [1.82, 2.24) is 15.0 Å². The normalized spacial score (nSPS) is 10.2. The lowest BCUT2D eigenvalue weighted by molar-refractivity contribution is 0.150. The van der Waals surface area contributed by atoms with Crippen molar-refractivity contribution >= 4 is 17.8 Å². The van der Waals surface area contributed by atoms with Crippen LogP contribution in [0.15, 0.2) is 0 Å². The van der Waals surface area contributed by atoms with Gasteiger partial charge >= 0.3 is 0 Å². The molecule has 0 aliphatic heterocycles. The summed E-state index contributed by atoms with van der Waals surface area (Å²) >= 11 is 0. The van der Waals surface area contributed by atoms with Crippen LogP contribution in [0.1, 0.15) is 6.92 Å². The zero-order valence-corrected chi connectivity index (χ0v) is 9.60. The van der Waals surface area contributed by atoms with E-state index < -0.39 is 0 Å². The Kier molecular flexibility index (Phi) is 4.67. The van der Waals surface area contributed by atoms with Crippen molar-refractivity contribution in [2.75, 3.05) is 43.6 Å². The molecule has 1 heterocycles. The predicted octanol–water partition coefficient (Wildman–Crippen LogP) is -0.143. The van der Waals surface area contributed by atoms with Crippen molar-refractivity contribution in [3.05, 3.63) is 0 Å². The summed E-state index contributed by atoms with van der Waals surface area (Å²) in [5.74, 6) is 0.793. The lowest BCUT2D eigenvalue weighted by Gasteiger charge is -2.16. The van der Waals surface area contributed by atoms with Gasteiger partial charge in [0.15, 0.2) is 0 Å². The standard InChI is InChI=1S/C8H16N6O2/c1-4-16-5-14(2)8-11-6(9)10-7(12-8)13-15-3/h4-5H2,1-3H3,(H3,9,10,11,12,13). The fourth-order valence-electron chi connectivity index (χ4n) is 0.974. The second kappa shape index (κ2) is 6.03. The van der Waals surface area contributed by atoms with Gasteiger partial charge in [-0.05, 0) is 6.92 Å². The number of anilines is 3. The number of nitrogens with zero attached hydrogens (tertiary/aromatic N) is 4. The SMILES string of the molecule is CCOCN(C)c1nc(N)nc(NOC)n1. The van der Waals surface area contributed by atoms with E-state index >= 15 is 0 Å². The first-order valence-electron chi connectivity index (χ1n) is 4.76. The molecular formula is C8H16N6O2. The summed E-state index contributed by atoms with van der Waals surface area (Å²) in [7, 11) is 3.25. The van der Waals surface area contributed by atoms with E-state index in [0.29, 0.717) is 19.3 Å². The van der Waals surface area contributed by atoms with E-state index in [-0.39, 0.29) is 11.9 Å². The van der Waals surface area contributed by atoms with Gasteiger partial charge in [-0.1, -0.05) is 0 Å². The van der Waals surface area contributed by atoms with E-state index in [9.17, 15) is 0 Å². The van der Waals surface area contributed by atoms with Crippen molar-refractivity contribution in [3.8, 4) is 0 Å². The zero-order chi connectivity index (χ0) is 12.0. The minimum Gasteiger partial charge on any atom is -0.368 e. The van der Waals surface area contributed by atoms with E-state index in [0.717, 1.165) is 0 Å². The third-order valence-electron chi connectivity index (χ3n) is 1.66. The second-order valence-electron chi connectivity index (χ2n) is 2.94. The maximum absolute atomic E-state index is 5.53. The van der Waals surface area contributed by atoms with Crippen LogP contribution in [0.25, 0.3) is 0 Å². The van der Waals surface area contributed by atoms with Crippen LogP contribution >= 0.6 is 0 Å². The van der Waals surface area contributed by atoms with Crippen LogP contribution in [0, 0.1) is 0 Å². The molecule has 16 heavy (non-hydrogen) atoms. The minimum atomic E-state index is 0.118. The molecule has 0 aliphatic rings. The highest BCUT2D eigenvalue weighted by Crippen LogP contribution is 2.10. The van der Waals surface area contributed by atoms with Crippen molar-refractivity contribution < 1.29 is 9.57 Å². The molecule has 0 fully saturated rings. The molecule has 3 N–H and O–H groups in total. The van der Waals surface area contributed by atoms with Crippen LogP contribution < -0.4 is 16.1 Å². The molecule has 0 unspecified atom stereocenters. The molecule has 0 spiro atoms. The number of nitrogens with one attached hydrogen (secondary N) is 1. The smallest absolute Gasteiger partial charge is 0.253 e. The first kappa shape index (κ1) is 12.4. The van der Waals surface area contributed by atoms with Crippen molar-refractivity contribution in [1.29, 1.82) is 0 Å². The first-order chi connectivity index (χ1) is 7.67. The lowest BCUT2D eigenvalue weighted by Crippen LogP contribution is -2.24. The van der Waals surface area contributed by atoms with Gasteiger partial charge < -0.3 is 15.4 Å². The van der Waals surface area contributed by atoms with Gasteiger partial charge in [-0.15, -0.1) is 0 Å². The van der Waals surface area contributed by atoms with Gasteiger partial charge in [0, 0.05) is 13.7 Å². The number of nitrogens with two attached hydrogens (primary N) is 1. The molecule has 1 rings (SSSR count). The average Bonchev–Trinajstić information content (AvgIpc) is 2.25. The van der Waals surface area contributed by atoms with E-state index in [1.165, 1.54) is 7.11 Å². The Morgan fingerprint density at radius 1 is 1.38 bits per heavy atom. The van der Waals surface area contributed by atoms with Crippen LogP contribution in [-0.2, 0) is 9.57 Å². The number of aromatic nitrogens is 3. The highest BCUT2D eigenvalue weighted by atomic mass is 16.6. The van der Waals surface area contributed by atoms with Gasteiger partial charge in [0.05, 0.1) is 7.11 Å². The molecule has 8 heteroatoms. The van der Waals surface area contributed by atoms with Gasteiger partial charge in [0.2, 0.25) is 11.9 Å². The van der Waals surface area contributed by atoms with Gasteiger partial charge in [-0.25, -0.2) is 5.48 Å². The largest absolute Gasteiger partial charge is 0.368 e. The summed E-state index contributed by atoms with van der Waals surface area (Å²) in [5.41, 5.74) is 8.02. The third kappa shape index (κ3) is 3.48. The lowest BCUT2D eigenvalue weighted by atomic mass is 10.7. The Morgan fingerprint density at radius 2 is 2.12 bits per heavy atom. The number of rotatable bonds is 6. The Bertz CT molecular complexity index is 334. The molecule has 0 bridgehead atoms. The summed E-state index contributed by atoms with van der Waals surface area (Å²) in [4.78, 5) is 18.3. The summed E-state index contributed by atoms with van der Waals surface area (Å²) in [6.07, 6.45) is 0. The van der Waals surface area contributed by atoms with E-state index in [4.69, 9.17) is 15.3 Å². The van der Waals surface area contributed by atoms with Gasteiger partial charge in [0.25, 0.3) is 5.95 Å². The summed E-state index contributed by atoms with van der Waals surface area (Å²) in [6, 6.07) is 0. The van der Waals surface area contributed by atoms with Crippen LogP contribution in [-0.4, -0.2) is 42.4 Å².